The zero-order valence-corrected chi connectivity index (χ0v) is 11.8. The molecule has 17 heavy (non-hydrogen) atoms. The molecule has 0 aromatic heterocycles. The lowest BCUT2D eigenvalue weighted by atomic mass is 10.2. The minimum Gasteiger partial charge on any atom is -0.386 e. The Morgan fingerprint density at radius 3 is 2.59 bits per heavy atom. The van der Waals surface area contributed by atoms with Crippen molar-refractivity contribution in [1.29, 1.82) is 0 Å². The van der Waals surface area contributed by atoms with Crippen LogP contribution in [0.25, 0.3) is 0 Å². The number of nitrogens with zero attached hydrogens (tertiary/aromatic N) is 1. The molecule has 0 aromatic carbocycles. The van der Waals surface area contributed by atoms with Gasteiger partial charge in [0.05, 0.1) is 26.5 Å². The second-order valence-electron chi connectivity index (χ2n) is 5.04. The molecule has 100 valence electrons. The van der Waals surface area contributed by atoms with E-state index in [-0.39, 0.29) is 11.8 Å². The smallest absolute Gasteiger partial charge is 0.246 e. The summed E-state index contributed by atoms with van der Waals surface area (Å²) in [6.45, 7) is 7.39. The van der Waals surface area contributed by atoms with Crippen molar-refractivity contribution in [2.45, 2.75) is 19.4 Å². The summed E-state index contributed by atoms with van der Waals surface area (Å²) in [6.07, 6.45) is 0.387. The number of hydrogen-bond donors (Lipinski definition) is 2. The predicted octanol–water partition coefficient (Wildman–Crippen LogP) is 0.745. The van der Waals surface area contributed by atoms with E-state index in [0.717, 1.165) is 13.0 Å². The Hall–Kier alpha value is -0.580. The lowest BCUT2D eigenvalue weighted by Crippen LogP contribution is -2.47. The van der Waals surface area contributed by atoms with Crippen LogP contribution in [0.1, 0.15) is 13.3 Å². The Balaban J connectivity index is 3.79. The van der Waals surface area contributed by atoms with Crippen LogP contribution in [-0.2, 0) is 4.79 Å². The van der Waals surface area contributed by atoms with Crippen LogP contribution in [0.4, 0.5) is 0 Å². The Labute approximate surface area is 109 Å². The molecule has 0 fully saturated rings. The Morgan fingerprint density at radius 1 is 1.53 bits per heavy atom. The maximum absolute atomic E-state index is 11.2. The molecule has 0 aromatic rings. The van der Waals surface area contributed by atoms with E-state index in [9.17, 15) is 9.90 Å². The molecule has 0 bridgehead atoms. The fourth-order valence-electron chi connectivity index (χ4n) is 1.57. The molecule has 1 amide bonds. The molecule has 1 atom stereocenters. The number of halogens is 1. The van der Waals surface area contributed by atoms with Crippen LogP contribution >= 0.6 is 11.6 Å². The normalized spacial score (nSPS) is 13.2. The molecule has 5 heteroatoms. The van der Waals surface area contributed by atoms with E-state index in [1.165, 1.54) is 0 Å². The summed E-state index contributed by atoms with van der Waals surface area (Å²) in [5.74, 6) is 0.157. The molecule has 0 saturated heterocycles. The van der Waals surface area contributed by atoms with Crippen molar-refractivity contribution in [2.24, 2.45) is 0 Å². The standard InChI is InChI=1S/C12H23ClN2O2/c1-10(2)12(17)14-6-5-7-15(3,4)9-11(16)8-13/h11,16H,1,5-9H2,2-4H3/p+1. The number of nitrogens with one attached hydrogen (secondary N) is 1. The van der Waals surface area contributed by atoms with Gasteiger partial charge in [-0.3, -0.25) is 4.79 Å². The summed E-state index contributed by atoms with van der Waals surface area (Å²) in [4.78, 5) is 11.2. The first kappa shape index (κ1) is 16.4. The van der Waals surface area contributed by atoms with Gasteiger partial charge in [0, 0.05) is 18.5 Å². The molecule has 0 aliphatic carbocycles. The summed E-state index contributed by atoms with van der Waals surface area (Å²) < 4.78 is 0.691. The van der Waals surface area contributed by atoms with Crippen molar-refractivity contribution in [1.82, 2.24) is 5.32 Å². The first-order chi connectivity index (χ1) is 7.78. The van der Waals surface area contributed by atoms with Crippen molar-refractivity contribution < 1.29 is 14.4 Å². The molecule has 0 aliphatic rings. The topological polar surface area (TPSA) is 49.3 Å². The van der Waals surface area contributed by atoms with Gasteiger partial charge in [0.15, 0.2) is 0 Å². The van der Waals surface area contributed by atoms with Gasteiger partial charge in [0.2, 0.25) is 5.91 Å². The Morgan fingerprint density at radius 2 is 2.12 bits per heavy atom. The monoisotopic (exact) mass is 263 g/mol. The highest BCUT2D eigenvalue weighted by atomic mass is 35.5. The number of quaternary nitrogens is 1. The van der Waals surface area contributed by atoms with Crippen molar-refractivity contribution in [3.05, 3.63) is 12.2 Å². The number of likely N-dealkylation sites (N-methyl/N-ethyl adjacent to an activating group) is 1. The Kier molecular flexibility index (Phi) is 7.43. The highest BCUT2D eigenvalue weighted by Crippen LogP contribution is 2.03. The van der Waals surface area contributed by atoms with Crippen LogP contribution in [0.3, 0.4) is 0 Å². The van der Waals surface area contributed by atoms with Gasteiger partial charge in [-0.05, 0) is 6.92 Å². The molecule has 0 saturated carbocycles. The first-order valence-corrected chi connectivity index (χ1v) is 6.31. The second kappa shape index (κ2) is 7.69. The molecule has 0 spiro atoms. The van der Waals surface area contributed by atoms with Gasteiger partial charge >= 0.3 is 0 Å². The number of carbonyl (C=O) groups is 1. The maximum atomic E-state index is 11.2. The molecule has 0 aliphatic heterocycles. The van der Waals surface area contributed by atoms with E-state index in [1.807, 2.05) is 14.1 Å². The predicted molar refractivity (Wildman–Crippen MR) is 71.0 cm³/mol. The van der Waals surface area contributed by atoms with E-state index in [1.54, 1.807) is 6.92 Å². The van der Waals surface area contributed by atoms with Crippen LogP contribution < -0.4 is 5.32 Å². The largest absolute Gasteiger partial charge is 0.386 e. The third kappa shape index (κ3) is 8.18. The summed E-state index contributed by atoms with van der Waals surface area (Å²) >= 11 is 5.57. The number of hydrogen-bond acceptors (Lipinski definition) is 2. The molecule has 4 nitrogen and oxygen atoms in total. The van der Waals surface area contributed by atoms with Gasteiger partial charge in [0.25, 0.3) is 0 Å². The molecule has 0 heterocycles. The van der Waals surface area contributed by atoms with E-state index < -0.39 is 6.10 Å². The highest BCUT2D eigenvalue weighted by molar-refractivity contribution is 6.18. The van der Waals surface area contributed by atoms with E-state index >= 15 is 0 Å². The van der Waals surface area contributed by atoms with Gasteiger partial charge < -0.3 is 14.9 Å². The van der Waals surface area contributed by atoms with Crippen molar-refractivity contribution >= 4 is 17.5 Å². The Bertz CT molecular complexity index is 267. The van der Waals surface area contributed by atoms with Gasteiger partial charge in [-0.15, -0.1) is 11.6 Å². The van der Waals surface area contributed by atoms with Crippen LogP contribution in [-0.4, -0.2) is 61.2 Å². The summed E-state index contributed by atoms with van der Waals surface area (Å²) in [5.41, 5.74) is 0.524. The van der Waals surface area contributed by atoms with Gasteiger partial charge in [-0.25, -0.2) is 0 Å². The minimum atomic E-state index is -0.475. The third-order valence-electron chi connectivity index (χ3n) is 2.50. The van der Waals surface area contributed by atoms with E-state index in [4.69, 9.17) is 11.6 Å². The van der Waals surface area contributed by atoms with Crippen molar-refractivity contribution in [3.8, 4) is 0 Å². The minimum absolute atomic E-state index is 0.101. The summed E-state index contributed by atoms with van der Waals surface area (Å²) in [6, 6.07) is 0. The van der Waals surface area contributed by atoms with E-state index in [0.29, 0.717) is 23.1 Å². The average molecular weight is 264 g/mol. The quantitative estimate of drug-likeness (QED) is 0.294. The molecule has 0 rings (SSSR count). The molecule has 2 N–H and O–H groups in total. The zero-order chi connectivity index (χ0) is 13.5. The molecular weight excluding hydrogens is 240 g/mol. The number of aliphatic hydroxyl groups is 1. The number of amides is 1. The number of alkyl halides is 1. The van der Waals surface area contributed by atoms with Crippen LogP contribution in [0, 0.1) is 0 Å². The van der Waals surface area contributed by atoms with Crippen molar-refractivity contribution in [3.63, 3.8) is 0 Å². The maximum Gasteiger partial charge on any atom is 0.246 e. The van der Waals surface area contributed by atoms with Gasteiger partial charge in [0.1, 0.15) is 12.6 Å². The number of rotatable bonds is 8. The lowest BCUT2D eigenvalue weighted by Gasteiger charge is -2.31. The number of aliphatic hydroxyl groups excluding tert-OH is 1. The van der Waals surface area contributed by atoms with Gasteiger partial charge in [-0.2, -0.15) is 0 Å². The molecular formula is C12H24ClN2O2+. The third-order valence-corrected chi connectivity index (χ3v) is 2.85. The fourth-order valence-corrected chi connectivity index (χ4v) is 1.67. The van der Waals surface area contributed by atoms with Crippen LogP contribution in [0.5, 0.6) is 0 Å². The first-order valence-electron chi connectivity index (χ1n) is 5.78. The summed E-state index contributed by atoms with van der Waals surface area (Å²) in [5, 5.41) is 12.3. The van der Waals surface area contributed by atoms with Crippen LogP contribution in [0.2, 0.25) is 0 Å². The molecule has 0 radical (unpaired) electrons. The van der Waals surface area contributed by atoms with E-state index in [2.05, 4.69) is 11.9 Å². The lowest BCUT2D eigenvalue weighted by molar-refractivity contribution is -0.893. The highest BCUT2D eigenvalue weighted by Gasteiger charge is 2.19. The zero-order valence-electron chi connectivity index (χ0n) is 11.0. The van der Waals surface area contributed by atoms with Gasteiger partial charge in [-0.1, -0.05) is 6.58 Å². The van der Waals surface area contributed by atoms with Crippen molar-refractivity contribution in [2.75, 3.05) is 39.6 Å². The average Bonchev–Trinajstić information content (AvgIpc) is 2.23. The fraction of sp³-hybridized carbons (Fsp3) is 0.750. The van der Waals surface area contributed by atoms with Crippen LogP contribution in [0.15, 0.2) is 12.2 Å². The SMILES string of the molecule is C=C(C)C(=O)NCCC[N+](C)(C)CC(O)CCl. The number of carbonyl (C=O) groups excluding carboxylic acids is 1. The second-order valence-corrected chi connectivity index (χ2v) is 5.35. The summed E-state index contributed by atoms with van der Waals surface area (Å²) in [7, 11) is 4.08. The molecule has 1 unspecified atom stereocenters.